The minimum atomic E-state index is -0.843. The first kappa shape index (κ1) is 15.4. The normalized spacial score (nSPS) is 21.6. The Balaban J connectivity index is 2.23. The molecule has 0 saturated carbocycles. The van der Waals surface area contributed by atoms with Gasteiger partial charge in [0, 0.05) is 12.6 Å². The van der Waals surface area contributed by atoms with Crippen LogP contribution in [-0.2, 0) is 4.79 Å². The van der Waals surface area contributed by atoms with E-state index in [-0.39, 0.29) is 18.1 Å². The Labute approximate surface area is 124 Å². The minimum Gasteiger partial charge on any atom is -0.490 e. The number of nitrogens with zero attached hydrogens (tertiary/aromatic N) is 1. The van der Waals surface area contributed by atoms with Gasteiger partial charge >= 0.3 is 5.97 Å². The van der Waals surface area contributed by atoms with E-state index in [9.17, 15) is 9.59 Å². The van der Waals surface area contributed by atoms with Crippen LogP contribution in [0, 0.1) is 5.92 Å². The summed E-state index contributed by atoms with van der Waals surface area (Å²) in [7, 11) is 0. The molecule has 0 spiro atoms. The Morgan fingerprint density at radius 3 is 2.57 bits per heavy atom. The summed E-state index contributed by atoms with van der Waals surface area (Å²) in [5.41, 5.74) is 0.490. The average Bonchev–Trinajstić information content (AvgIpc) is 2.80. The highest BCUT2D eigenvalue weighted by Crippen LogP contribution is 2.29. The van der Waals surface area contributed by atoms with Gasteiger partial charge in [-0.3, -0.25) is 9.59 Å². The molecule has 5 heteroatoms. The van der Waals surface area contributed by atoms with Crippen LogP contribution in [0.15, 0.2) is 24.3 Å². The number of benzene rings is 1. The lowest BCUT2D eigenvalue weighted by atomic mass is 10.0. The van der Waals surface area contributed by atoms with Gasteiger partial charge < -0.3 is 14.7 Å². The molecule has 1 N–H and O–H groups in total. The molecule has 2 atom stereocenters. The minimum absolute atomic E-state index is 0.0262. The molecule has 2 rings (SSSR count). The zero-order chi connectivity index (χ0) is 15.6. The van der Waals surface area contributed by atoms with Crippen LogP contribution in [0.3, 0.4) is 0 Å². The fourth-order valence-corrected chi connectivity index (χ4v) is 2.71. The molecule has 1 heterocycles. The Kier molecular flexibility index (Phi) is 4.50. The summed E-state index contributed by atoms with van der Waals surface area (Å²) in [5.74, 6) is -0.956. The molecule has 5 nitrogen and oxygen atoms in total. The lowest BCUT2D eigenvalue weighted by Crippen LogP contribution is -2.37. The molecule has 2 unspecified atom stereocenters. The van der Waals surface area contributed by atoms with Gasteiger partial charge in [-0.25, -0.2) is 0 Å². The Morgan fingerprint density at radius 1 is 1.33 bits per heavy atom. The molecule has 21 heavy (non-hydrogen) atoms. The van der Waals surface area contributed by atoms with E-state index in [0.717, 1.165) is 0 Å². The van der Waals surface area contributed by atoms with E-state index in [4.69, 9.17) is 9.84 Å². The van der Waals surface area contributed by atoms with Gasteiger partial charge in [-0.2, -0.15) is 0 Å². The number of aliphatic carboxylic acids is 1. The largest absolute Gasteiger partial charge is 0.490 e. The second kappa shape index (κ2) is 6.16. The lowest BCUT2D eigenvalue weighted by Gasteiger charge is -2.24. The second-order valence-corrected chi connectivity index (χ2v) is 5.64. The van der Waals surface area contributed by atoms with E-state index in [1.54, 1.807) is 30.0 Å². The quantitative estimate of drug-likeness (QED) is 0.925. The summed E-state index contributed by atoms with van der Waals surface area (Å²) in [6.07, 6.45) is 0.469. The van der Waals surface area contributed by atoms with Crippen LogP contribution in [-0.4, -0.2) is 40.6 Å². The molecule has 114 valence electrons. The zero-order valence-electron chi connectivity index (χ0n) is 12.6. The SMILES string of the molecule is CC(C)Oc1ccccc1C(=O)N1CCC(C(=O)O)C1C. The number of para-hydroxylation sites is 1. The molecule has 1 saturated heterocycles. The first-order chi connectivity index (χ1) is 9.91. The van der Waals surface area contributed by atoms with Crippen molar-refractivity contribution in [3.05, 3.63) is 29.8 Å². The highest BCUT2D eigenvalue weighted by Gasteiger charge is 2.38. The molecule has 1 aliphatic rings. The van der Waals surface area contributed by atoms with Crippen LogP contribution >= 0.6 is 0 Å². The highest BCUT2D eigenvalue weighted by atomic mass is 16.5. The number of rotatable bonds is 4. The summed E-state index contributed by atoms with van der Waals surface area (Å²) < 4.78 is 5.67. The van der Waals surface area contributed by atoms with Gasteiger partial charge in [0.2, 0.25) is 0 Å². The van der Waals surface area contributed by atoms with Crippen molar-refractivity contribution in [2.75, 3.05) is 6.54 Å². The average molecular weight is 291 g/mol. The van der Waals surface area contributed by atoms with Gasteiger partial charge in [0.15, 0.2) is 0 Å². The Hall–Kier alpha value is -2.04. The van der Waals surface area contributed by atoms with Crippen LogP contribution in [0.1, 0.15) is 37.6 Å². The van der Waals surface area contributed by atoms with Gasteiger partial charge in [0.1, 0.15) is 5.75 Å². The third kappa shape index (κ3) is 3.17. The molecule has 1 aromatic carbocycles. The van der Waals surface area contributed by atoms with E-state index in [0.29, 0.717) is 24.3 Å². The molecular weight excluding hydrogens is 270 g/mol. The maximum absolute atomic E-state index is 12.7. The van der Waals surface area contributed by atoms with Crippen molar-refractivity contribution in [3.8, 4) is 5.75 Å². The van der Waals surface area contributed by atoms with Gasteiger partial charge in [-0.15, -0.1) is 0 Å². The third-order valence-electron chi connectivity index (χ3n) is 3.81. The van der Waals surface area contributed by atoms with Crippen molar-refractivity contribution in [3.63, 3.8) is 0 Å². The monoisotopic (exact) mass is 291 g/mol. The molecule has 0 aliphatic carbocycles. The summed E-state index contributed by atoms with van der Waals surface area (Å²) >= 11 is 0. The number of hydrogen-bond acceptors (Lipinski definition) is 3. The number of carbonyl (C=O) groups excluding carboxylic acids is 1. The van der Waals surface area contributed by atoms with Crippen molar-refractivity contribution in [2.45, 2.75) is 39.3 Å². The number of likely N-dealkylation sites (tertiary alicyclic amines) is 1. The zero-order valence-corrected chi connectivity index (χ0v) is 12.6. The first-order valence-corrected chi connectivity index (χ1v) is 7.21. The summed E-state index contributed by atoms with van der Waals surface area (Å²) in [6.45, 7) is 6.06. The van der Waals surface area contributed by atoms with Crippen molar-refractivity contribution >= 4 is 11.9 Å². The molecule has 1 fully saturated rings. The van der Waals surface area contributed by atoms with E-state index in [1.807, 2.05) is 19.9 Å². The second-order valence-electron chi connectivity index (χ2n) is 5.64. The summed E-state index contributed by atoms with van der Waals surface area (Å²) in [4.78, 5) is 25.5. The van der Waals surface area contributed by atoms with Crippen LogP contribution in [0.25, 0.3) is 0 Å². The Bertz CT molecular complexity index is 541. The smallest absolute Gasteiger partial charge is 0.308 e. The standard InChI is InChI=1S/C16H21NO4/c1-10(2)21-14-7-5-4-6-13(14)15(18)17-9-8-12(11(17)3)16(19)20/h4-7,10-12H,8-9H2,1-3H3,(H,19,20). The van der Waals surface area contributed by atoms with E-state index >= 15 is 0 Å². The first-order valence-electron chi connectivity index (χ1n) is 7.21. The predicted octanol–water partition coefficient (Wildman–Crippen LogP) is 2.41. The van der Waals surface area contributed by atoms with Gasteiger partial charge in [-0.05, 0) is 39.3 Å². The maximum Gasteiger partial charge on any atom is 0.308 e. The number of carboxylic acids is 1. The number of amides is 1. The summed E-state index contributed by atoms with van der Waals surface area (Å²) in [6, 6.07) is 6.79. The van der Waals surface area contributed by atoms with Crippen LogP contribution < -0.4 is 4.74 Å². The molecule has 1 aliphatic heterocycles. The number of carbonyl (C=O) groups is 2. The lowest BCUT2D eigenvalue weighted by molar-refractivity contribution is -0.142. The molecule has 1 amide bonds. The maximum atomic E-state index is 12.7. The van der Waals surface area contributed by atoms with Gasteiger partial charge in [-0.1, -0.05) is 12.1 Å². The van der Waals surface area contributed by atoms with Crippen LogP contribution in [0.4, 0.5) is 0 Å². The van der Waals surface area contributed by atoms with Gasteiger partial charge in [0.25, 0.3) is 5.91 Å². The van der Waals surface area contributed by atoms with Crippen molar-refractivity contribution < 1.29 is 19.4 Å². The number of carboxylic acid groups (broad SMARTS) is 1. The van der Waals surface area contributed by atoms with Gasteiger partial charge in [0.05, 0.1) is 17.6 Å². The number of hydrogen-bond donors (Lipinski definition) is 1. The van der Waals surface area contributed by atoms with Crippen LogP contribution in [0.2, 0.25) is 0 Å². The van der Waals surface area contributed by atoms with E-state index in [1.165, 1.54) is 0 Å². The fourth-order valence-electron chi connectivity index (χ4n) is 2.71. The molecule has 0 bridgehead atoms. The molecule has 0 aromatic heterocycles. The predicted molar refractivity (Wildman–Crippen MR) is 78.4 cm³/mol. The third-order valence-corrected chi connectivity index (χ3v) is 3.81. The topological polar surface area (TPSA) is 66.8 Å². The number of ether oxygens (including phenoxy) is 1. The summed E-state index contributed by atoms with van der Waals surface area (Å²) in [5, 5.41) is 9.16. The van der Waals surface area contributed by atoms with E-state index < -0.39 is 11.9 Å². The van der Waals surface area contributed by atoms with Crippen molar-refractivity contribution in [2.24, 2.45) is 5.92 Å². The van der Waals surface area contributed by atoms with Crippen molar-refractivity contribution in [1.29, 1.82) is 0 Å². The molecule has 0 radical (unpaired) electrons. The fraction of sp³-hybridized carbons (Fsp3) is 0.500. The highest BCUT2D eigenvalue weighted by molar-refractivity contribution is 5.97. The van der Waals surface area contributed by atoms with Crippen LogP contribution in [0.5, 0.6) is 5.75 Å². The molecular formula is C16H21NO4. The van der Waals surface area contributed by atoms with Crippen molar-refractivity contribution in [1.82, 2.24) is 4.90 Å². The Morgan fingerprint density at radius 2 is 2.00 bits per heavy atom. The molecule has 1 aromatic rings. The van der Waals surface area contributed by atoms with E-state index in [2.05, 4.69) is 0 Å².